The molecule has 0 fully saturated rings. The summed E-state index contributed by atoms with van der Waals surface area (Å²) in [7, 11) is 0. The van der Waals surface area contributed by atoms with Crippen LogP contribution in [-0.4, -0.2) is 15.8 Å². The summed E-state index contributed by atoms with van der Waals surface area (Å²) in [6.45, 7) is 4.15. The van der Waals surface area contributed by atoms with Crippen LogP contribution in [0.3, 0.4) is 0 Å². The fourth-order valence-electron chi connectivity index (χ4n) is 1.83. The van der Waals surface area contributed by atoms with E-state index in [1.807, 2.05) is 24.0 Å². The first-order valence-electron chi connectivity index (χ1n) is 5.63. The molecule has 2 aromatic rings. The first kappa shape index (κ1) is 12.8. The van der Waals surface area contributed by atoms with Gasteiger partial charge in [0.15, 0.2) is 0 Å². The lowest BCUT2D eigenvalue weighted by atomic mass is 10.1. The largest absolute Gasteiger partial charge is 0.326 e. The molecule has 2 N–H and O–H groups in total. The van der Waals surface area contributed by atoms with Crippen LogP contribution >= 0.6 is 27.3 Å². The van der Waals surface area contributed by atoms with Crippen LogP contribution in [0.5, 0.6) is 0 Å². The van der Waals surface area contributed by atoms with Gasteiger partial charge in [-0.15, -0.1) is 11.3 Å². The Morgan fingerprint density at radius 1 is 1.53 bits per heavy atom. The molecule has 3 nitrogen and oxygen atoms in total. The van der Waals surface area contributed by atoms with E-state index < -0.39 is 0 Å². The highest BCUT2D eigenvalue weighted by molar-refractivity contribution is 9.11. The van der Waals surface area contributed by atoms with Gasteiger partial charge in [-0.25, -0.2) is 0 Å². The third-order valence-electron chi connectivity index (χ3n) is 2.78. The van der Waals surface area contributed by atoms with Gasteiger partial charge in [-0.1, -0.05) is 6.92 Å². The molecule has 0 bridgehead atoms. The van der Waals surface area contributed by atoms with Crippen molar-refractivity contribution >= 4 is 27.3 Å². The minimum absolute atomic E-state index is 0.0832. The van der Waals surface area contributed by atoms with Crippen LogP contribution in [0.15, 0.2) is 28.3 Å². The molecule has 2 atom stereocenters. The van der Waals surface area contributed by atoms with Crippen LogP contribution in [0, 0.1) is 6.92 Å². The van der Waals surface area contributed by atoms with Crippen molar-refractivity contribution in [1.82, 2.24) is 9.78 Å². The molecule has 2 unspecified atom stereocenters. The van der Waals surface area contributed by atoms with E-state index >= 15 is 0 Å². The van der Waals surface area contributed by atoms with E-state index in [1.54, 1.807) is 11.3 Å². The molecule has 92 valence electrons. The Morgan fingerprint density at radius 2 is 2.29 bits per heavy atom. The minimum atomic E-state index is 0.0832. The summed E-state index contributed by atoms with van der Waals surface area (Å²) >= 11 is 5.22. The summed E-state index contributed by atoms with van der Waals surface area (Å²) in [5.41, 5.74) is 7.39. The predicted octanol–water partition coefficient (Wildman–Crippen LogP) is 3.34. The number of hydrogen-bond donors (Lipinski definition) is 1. The van der Waals surface area contributed by atoms with Crippen LogP contribution in [0.2, 0.25) is 0 Å². The summed E-state index contributed by atoms with van der Waals surface area (Å²) in [4.78, 5) is 1.24. The van der Waals surface area contributed by atoms with Crippen molar-refractivity contribution in [2.75, 3.05) is 0 Å². The molecular formula is C12H16BrN3S. The molecule has 0 saturated carbocycles. The van der Waals surface area contributed by atoms with Gasteiger partial charge in [0.05, 0.1) is 9.98 Å². The second-order valence-corrected chi connectivity index (χ2v) is 6.65. The monoisotopic (exact) mass is 313 g/mol. The predicted molar refractivity (Wildman–Crippen MR) is 75.4 cm³/mol. The van der Waals surface area contributed by atoms with Crippen molar-refractivity contribution in [3.63, 3.8) is 0 Å². The van der Waals surface area contributed by atoms with Gasteiger partial charge >= 0.3 is 0 Å². The zero-order valence-electron chi connectivity index (χ0n) is 9.93. The summed E-state index contributed by atoms with van der Waals surface area (Å²) < 4.78 is 3.10. The maximum atomic E-state index is 6.23. The SMILES string of the molecule is CCC(N)C(c1ccc(Br)s1)n1cc(C)cn1. The average molecular weight is 314 g/mol. The Kier molecular flexibility index (Phi) is 4.01. The highest BCUT2D eigenvalue weighted by Crippen LogP contribution is 2.31. The Balaban J connectivity index is 2.38. The number of halogens is 1. The quantitative estimate of drug-likeness (QED) is 0.940. The van der Waals surface area contributed by atoms with Crippen LogP contribution in [0.25, 0.3) is 0 Å². The highest BCUT2D eigenvalue weighted by atomic mass is 79.9. The van der Waals surface area contributed by atoms with Crippen LogP contribution in [0.4, 0.5) is 0 Å². The van der Waals surface area contributed by atoms with Crippen molar-refractivity contribution in [2.45, 2.75) is 32.4 Å². The van der Waals surface area contributed by atoms with Gasteiger partial charge in [-0.2, -0.15) is 5.10 Å². The minimum Gasteiger partial charge on any atom is -0.326 e. The third-order valence-corrected chi connectivity index (χ3v) is 4.47. The summed E-state index contributed by atoms with van der Waals surface area (Å²) in [5, 5.41) is 4.40. The van der Waals surface area contributed by atoms with Crippen LogP contribution < -0.4 is 5.73 Å². The van der Waals surface area contributed by atoms with Crippen molar-refractivity contribution in [3.8, 4) is 0 Å². The van der Waals surface area contributed by atoms with E-state index in [0.717, 1.165) is 15.8 Å². The molecular weight excluding hydrogens is 298 g/mol. The smallest absolute Gasteiger partial charge is 0.101 e. The molecule has 0 amide bonds. The zero-order chi connectivity index (χ0) is 12.4. The Bertz CT molecular complexity index is 451. The van der Waals surface area contributed by atoms with Crippen molar-refractivity contribution in [3.05, 3.63) is 38.8 Å². The molecule has 17 heavy (non-hydrogen) atoms. The maximum absolute atomic E-state index is 6.23. The van der Waals surface area contributed by atoms with Crippen LogP contribution in [0.1, 0.15) is 29.8 Å². The van der Waals surface area contributed by atoms with Gasteiger partial charge in [0.2, 0.25) is 0 Å². The molecule has 0 spiro atoms. The lowest BCUT2D eigenvalue weighted by molar-refractivity contribution is 0.429. The molecule has 2 heterocycles. The van der Waals surface area contributed by atoms with Gasteiger partial charge in [0, 0.05) is 17.1 Å². The van der Waals surface area contributed by atoms with Crippen molar-refractivity contribution < 1.29 is 0 Å². The number of nitrogens with zero attached hydrogens (tertiary/aromatic N) is 2. The van der Waals surface area contributed by atoms with Crippen LogP contribution in [-0.2, 0) is 0 Å². The van der Waals surface area contributed by atoms with Crippen molar-refractivity contribution in [1.29, 1.82) is 0 Å². The van der Waals surface area contributed by atoms with Gasteiger partial charge in [0.1, 0.15) is 6.04 Å². The van der Waals surface area contributed by atoms with Gasteiger partial charge < -0.3 is 5.73 Å². The van der Waals surface area contributed by atoms with E-state index in [9.17, 15) is 0 Å². The fourth-order valence-corrected chi connectivity index (χ4v) is 3.43. The molecule has 0 aromatic carbocycles. The molecule has 5 heteroatoms. The summed E-state index contributed by atoms with van der Waals surface area (Å²) in [6.07, 6.45) is 4.85. The second-order valence-electron chi connectivity index (χ2n) is 4.16. The summed E-state index contributed by atoms with van der Waals surface area (Å²) in [6, 6.07) is 4.39. The standard InChI is InChI=1S/C12H16BrN3S/c1-3-9(14)12(10-4-5-11(13)17-10)16-7-8(2)6-15-16/h4-7,9,12H,3,14H2,1-2H3. The molecule has 2 rings (SSSR count). The number of thiophene rings is 1. The van der Waals surface area contributed by atoms with Gasteiger partial charge in [-0.05, 0) is 47.0 Å². The first-order chi connectivity index (χ1) is 8.11. The van der Waals surface area contributed by atoms with Gasteiger partial charge in [0.25, 0.3) is 0 Å². The number of hydrogen-bond acceptors (Lipinski definition) is 3. The number of aromatic nitrogens is 2. The Hall–Kier alpha value is -0.650. The van der Waals surface area contributed by atoms with E-state index in [2.05, 4.69) is 40.1 Å². The topological polar surface area (TPSA) is 43.8 Å². The second kappa shape index (κ2) is 5.33. The van der Waals surface area contributed by atoms with Gasteiger partial charge in [-0.3, -0.25) is 4.68 Å². The first-order valence-corrected chi connectivity index (χ1v) is 7.24. The molecule has 0 aliphatic carbocycles. The lowest BCUT2D eigenvalue weighted by Gasteiger charge is -2.22. The Labute approximate surface area is 114 Å². The fraction of sp³-hybridized carbons (Fsp3) is 0.417. The molecule has 2 aromatic heterocycles. The zero-order valence-corrected chi connectivity index (χ0v) is 12.3. The maximum Gasteiger partial charge on any atom is 0.101 e. The molecule has 0 radical (unpaired) electrons. The van der Waals surface area contributed by atoms with E-state index in [0.29, 0.717) is 0 Å². The lowest BCUT2D eigenvalue weighted by Crippen LogP contribution is -2.32. The third kappa shape index (κ3) is 2.78. The van der Waals surface area contributed by atoms with E-state index in [-0.39, 0.29) is 12.1 Å². The van der Waals surface area contributed by atoms with E-state index in [1.165, 1.54) is 4.88 Å². The van der Waals surface area contributed by atoms with Crippen molar-refractivity contribution in [2.24, 2.45) is 5.73 Å². The number of rotatable bonds is 4. The number of aryl methyl sites for hydroxylation is 1. The molecule has 0 aliphatic heterocycles. The highest BCUT2D eigenvalue weighted by Gasteiger charge is 2.22. The summed E-state index contributed by atoms with van der Waals surface area (Å²) in [5.74, 6) is 0. The van der Waals surface area contributed by atoms with E-state index in [4.69, 9.17) is 5.73 Å². The normalized spacial score (nSPS) is 14.8. The number of nitrogens with two attached hydrogens (primary N) is 1. The molecule has 0 saturated heterocycles. The average Bonchev–Trinajstić information content (AvgIpc) is 2.89. The molecule has 0 aliphatic rings. The Morgan fingerprint density at radius 3 is 2.76 bits per heavy atom.